The molecule has 0 saturated carbocycles. The SMILES string of the molecule is CC(C)C[C@H](O)C(=O)N[C@@H](CCC(=O)C=[N+]=[N-])C(=O)OC(C)C. The predicted octanol–water partition coefficient (Wildman–Crippen LogP) is 0.480. The van der Waals surface area contributed by atoms with Gasteiger partial charge in [0.1, 0.15) is 12.1 Å². The number of rotatable bonds is 10. The van der Waals surface area contributed by atoms with Gasteiger partial charge in [-0.05, 0) is 32.6 Å². The van der Waals surface area contributed by atoms with Crippen LogP contribution in [0.3, 0.4) is 0 Å². The van der Waals surface area contributed by atoms with E-state index in [2.05, 4.69) is 10.1 Å². The number of aliphatic hydroxyl groups excluding tert-OH is 1. The second-order valence-electron chi connectivity index (χ2n) is 5.94. The van der Waals surface area contributed by atoms with Crippen molar-refractivity contribution in [2.75, 3.05) is 0 Å². The van der Waals surface area contributed by atoms with E-state index in [9.17, 15) is 19.5 Å². The minimum atomic E-state index is -1.24. The maximum atomic E-state index is 12.0. The lowest BCUT2D eigenvalue weighted by molar-refractivity contribution is -0.152. The summed E-state index contributed by atoms with van der Waals surface area (Å²) in [5.74, 6) is -1.75. The van der Waals surface area contributed by atoms with Crippen LogP contribution in [0.4, 0.5) is 0 Å². The molecular formula is C15H25N3O5. The van der Waals surface area contributed by atoms with Crippen molar-refractivity contribution < 1.29 is 29.0 Å². The summed E-state index contributed by atoms with van der Waals surface area (Å²) in [7, 11) is 0. The molecule has 0 aromatic heterocycles. The van der Waals surface area contributed by atoms with Crippen LogP contribution in [0.1, 0.15) is 47.0 Å². The summed E-state index contributed by atoms with van der Waals surface area (Å²) < 4.78 is 5.04. The van der Waals surface area contributed by atoms with Gasteiger partial charge in [-0.25, -0.2) is 4.79 Å². The van der Waals surface area contributed by atoms with Crippen LogP contribution in [0.15, 0.2) is 0 Å². The summed E-state index contributed by atoms with van der Waals surface area (Å²) in [6.07, 6.45) is -0.760. The number of ether oxygens (including phenoxy) is 1. The van der Waals surface area contributed by atoms with Crippen molar-refractivity contribution in [2.45, 2.75) is 65.2 Å². The fraction of sp³-hybridized carbons (Fsp3) is 0.733. The van der Waals surface area contributed by atoms with Crippen LogP contribution >= 0.6 is 0 Å². The average Bonchev–Trinajstić information content (AvgIpc) is 2.41. The number of carbonyl (C=O) groups excluding carboxylic acids is 3. The number of Topliss-reactive ketones (excluding diaryl/α,β-unsaturated/α-hetero) is 1. The molecule has 0 spiro atoms. The van der Waals surface area contributed by atoms with Crippen LogP contribution < -0.4 is 5.32 Å². The third kappa shape index (κ3) is 9.55. The molecule has 0 bridgehead atoms. The zero-order valence-corrected chi connectivity index (χ0v) is 14.0. The van der Waals surface area contributed by atoms with E-state index in [1.54, 1.807) is 13.8 Å². The van der Waals surface area contributed by atoms with Crippen LogP contribution in [0, 0.1) is 5.92 Å². The van der Waals surface area contributed by atoms with Crippen LogP contribution in [0.2, 0.25) is 0 Å². The fourth-order valence-corrected chi connectivity index (χ4v) is 1.80. The quantitative estimate of drug-likeness (QED) is 0.261. The Morgan fingerprint density at radius 1 is 1.26 bits per heavy atom. The highest BCUT2D eigenvalue weighted by atomic mass is 16.5. The normalized spacial score (nSPS) is 13.2. The molecule has 0 rings (SSSR count). The molecule has 1 amide bonds. The minimum Gasteiger partial charge on any atom is -0.461 e. The standard InChI is InChI=1S/C15H25N3O5/c1-9(2)7-13(20)14(21)18-12(15(22)23-10(3)4)6-5-11(19)8-17-16/h8-10,12-13,20H,5-7H2,1-4H3,(H,18,21)/t12-,13-/m0/s1. The average molecular weight is 327 g/mol. The molecule has 8 heteroatoms. The second kappa shape index (κ2) is 10.6. The van der Waals surface area contributed by atoms with Crippen molar-refractivity contribution in [2.24, 2.45) is 5.92 Å². The Bertz CT molecular complexity index is 470. The van der Waals surface area contributed by atoms with E-state index in [-0.39, 0.29) is 31.3 Å². The van der Waals surface area contributed by atoms with Crippen LogP contribution in [0.25, 0.3) is 5.53 Å². The Labute approximate surface area is 135 Å². The molecule has 0 aliphatic carbocycles. The first-order valence-electron chi connectivity index (χ1n) is 7.56. The topological polar surface area (TPSA) is 129 Å². The van der Waals surface area contributed by atoms with E-state index >= 15 is 0 Å². The van der Waals surface area contributed by atoms with Crippen molar-refractivity contribution >= 4 is 23.9 Å². The van der Waals surface area contributed by atoms with Crippen LogP contribution in [-0.4, -0.2) is 52.0 Å². The molecular weight excluding hydrogens is 302 g/mol. The number of nitrogens with zero attached hydrogens (tertiary/aromatic N) is 2. The molecule has 130 valence electrons. The molecule has 23 heavy (non-hydrogen) atoms. The maximum absolute atomic E-state index is 12.0. The van der Waals surface area contributed by atoms with E-state index in [4.69, 9.17) is 10.3 Å². The smallest absolute Gasteiger partial charge is 0.328 e. The Morgan fingerprint density at radius 2 is 1.87 bits per heavy atom. The van der Waals surface area contributed by atoms with Crippen molar-refractivity contribution in [3.8, 4) is 0 Å². The molecule has 8 nitrogen and oxygen atoms in total. The highest BCUT2D eigenvalue weighted by Crippen LogP contribution is 2.07. The van der Waals surface area contributed by atoms with Gasteiger partial charge in [0, 0.05) is 6.42 Å². The van der Waals surface area contributed by atoms with Crippen molar-refractivity contribution in [3.63, 3.8) is 0 Å². The molecule has 0 aliphatic rings. The lowest BCUT2D eigenvalue weighted by Gasteiger charge is -2.20. The third-order valence-corrected chi connectivity index (χ3v) is 2.83. The van der Waals surface area contributed by atoms with Gasteiger partial charge < -0.3 is 20.7 Å². The number of nitrogens with one attached hydrogen (secondary N) is 1. The molecule has 0 aromatic rings. The Kier molecular flexibility index (Phi) is 9.69. The highest BCUT2D eigenvalue weighted by Gasteiger charge is 2.27. The molecule has 0 fully saturated rings. The van der Waals surface area contributed by atoms with Crippen molar-refractivity contribution in [1.29, 1.82) is 0 Å². The molecule has 0 heterocycles. The Hall–Kier alpha value is -2.05. The van der Waals surface area contributed by atoms with Gasteiger partial charge in [0.05, 0.1) is 6.10 Å². The van der Waals surface area contributed by atoms with E-state index < -0.39 is 29.8 Å². The number of amides is 1. The summed E-state index contributed by atoms with van der Waals surface area (Å²) >= 11 is 0. The molecule has 0 aromatic carbocycles. The lowest BCUT2D eigenvalue weighted by Crippen LogP contribution is -2.47. The number of hydrogen-bond donors (Lipinski definition) is 2. The Morgan fingerprint density at radius 3 is 2.35 bits per heavy atom. The number of ketones is 1. The van der Waals surface area contributed by atoms with E-state index in [1.807, 2.05) is 13.8 Å². The first-order chi connectivity index (χ1) is 10.7. The van der Waals surface area contributed by atoms with Gasteiger partial charge in [-0.3, -0.25) is 9.59 Å². The van der Waals surface area contributed by atoms with Gasteiger partial charge >= 0.3 is 12.2 Å². The third-order valence-electron chi connectivity index (χ3n) is 2.83. The van der Waals surface area contributed by atoms with Crippen LogP contribution in [-0.2, 0) is 19.1 Å². The number of aliphatic hydroxyl groups is 1. The summed E-state index contributed by atoms with van der Waals surface area (Å²) in [6, 6.07) is -1.05. The zero-order chi connectivity index (χ0) is 18.0. The van der Waals surface area contributed by atoms with Gasteiger partial charge in [0.2, 0.25) is 11.7 Å². The molecule has 0 saturated heterocycles. The van der Waals surface area contributed by atoms with Gasteiger partial charge in [0.25, 0.3) is 0 Å². The summed E-state index contributed by atoms with van der Waals surface area (Å²) in [6.45, 7) is 7.03. The summed E-state index contributed by atoms with van der Waals surface area (Å²) in [5.41, 5.74) is 8.29. The first-order valence-corrected chi connectivity index (χ1v) is 7.56. The number of hydrogen-bond acceptors (Lipinski definition) is 5. The van der Waals surface area contributed by atoms with Gasteiger partial charge in [-0.15, -0.1) is 0 Å². The monoisotopic (exact) mass is 327 g/mol. The summed E-state index contributed by atoms with van der Waals surface area (Å²) in [4.78, 5) is 37.9. The van der Waals surface area contributed by atoms with E-state index in [0.29, 0.717) is 0 Å². The predicted molar refractivity (Wildman–Crippen MR) is 82.5 cm³/mol. The van der Waals surface area contributed by atoms with Gasteiger partial charge in [-0.2, -0.15) is 4.79 Å². The van der Waals surface area contributed by atoms with E-state index in [0.717, 1.165) is 6.21 Å². The zero-order valence-electron chi connectivity index (χ0n) is 14.0. The largest absolute Gasteiger partial charge is 0.461 e. The van der Waals surface area contributed by atoms with Crippen LogP contribution in [0.5, 0.6) is 0 Å². The molecule has 0 radical (unpaired) electrons. The van der Waals surface area contributed by atoms with Gasteiger partial charge in [0.15, 0.2) is 0 Å². The van der Waals surface area contributed by atoms with E-state index in [1.165, 1.54) is 0 Å². The molecule has 2 atom stereocenters. The van der Waals surface area contributed by atoms with Crippen molar-refractivity contribution in [1.82, 2.24) is 5.32 Å². The molecule has 0 unspecified atom stereocenters. The summed E-state index contributed by atoms with van der Waals surface area (Å²) in [5, 5.41) is 12.2. The fourth-order valence-electron chi connectivity index (χ4n) is 1.80. The first kappa shape index (κ1) is 20.9. The molecule has 0 aliphatic heterocycles. The Balaban J connectivity index is 4.83. The van der Waals surface area contributed by atoms with Gasteiger partial charge in [-0.1, -0.05) is 13.8 Å². The number of esters is 1. The van der Waals surface area contributed by atoms with Crippen molar-refractivity contribution in [3.05, 3.63) is 5.53 Å². The highest BCUT2D eigenvalue weighted by molar-refractivity contribution is 6.25. The second-order valence-corrected chi connectivity index (χ2v) is 5.94. The number of carbonyl (C=O) groups is 3. The lowest BCUT2D eigenvalue weighted by atomic mass is 10.0. The maximum Gasteiger partial charge on any atom is 0.328 e. The minimum absolute atomic E-state index is 0.0173. The molecule has 2 N–H and O–H groups in total.